The van der Waals surface area contributed by atoms with Crippen molar-refractivity contribution in [2.75, 3.05) is 0 Å². The first-order chi connectivity index (χ1) is 8.97. The van der Waals surface area contributed by atoms with Gasteiger partial charge in [0, 0.05) is 0 Å². The molecule has 0 aliphatic rings. The molecule has 1 atom stereocenters. The second-order valence-electron chi connectivity index (χ2n) is 3.80. The second-order valence-corrected chi connectivity index (χ2v) is 5.85. The quantitative estimate of drug-likeness (QED) is 0.885. The molecular weight excluding hydrogens is 323 g/mol. The predicted octanol–water partition coefficient (Wildman–Crippen LogP) is 2.11. The Morgan fingerprint density at radius 3 is 2.40 bits per heavy atom. The molecule has 0 aromatic heterocycles. The van der Waals surface area contributed by atoms with Crippen molar-refractivity contribution >= 4 is 27.6 Å². The Morgan fingerprint density at radius 1 is 1.40 bits per heavy atom. The molecule has 0 saturated heterocycles. The number of carboxylic acid groups (broad SMARTS) is 1. The summed E-state index contributed by atoms with van der Waals surface area (Å²) in [6.07, 6.45) is -4.94. The van der Waals surface area contributed by atoms with E-state index < -0.39 is 43.7 Å². The highest BCUT2D eigenvalue weighted by Gasteiger charge is 2.39. The fourth-order valence-corrected chi connectivity index (χ4v) is 3.31. The minimum Gasteiger partial charge on any atom is -0.480 e. The van der Waals surface area contributed by atoms with E-state index in [1.54, 1.807) is 4.72 Å². The fraction of sp³-hybridized carbons (Fsp3) is 0.300. The summed E-state index contributed by atoms with van der Waals surface area (Å²) in [5.41, 5.74) is -1.46. The van der Waals surface area contributed by atoms with Crippen molar-refractivity contribution in [1.82, 2.24) is 4.72 Å². The highest BCUT2D eigenvalue weighted by molar-refractivity contribution is 7.89. The van der Waals surface area contributed by atoms with Crippen LogP contribution < -0.4 is 4.72 Å². The van der Waals surface area contributed by atoms with E-state index in [1.165, 1.54) is 0 Å². The van der Waals surface area contributed by atoms with Crippen molar-refractivity contribution in [3.63, 3.8) is 0 Å². The summed E-state index contributed by atoms with van der Waals surface area (Å²) in [6, 6.07) is 0.866. The van der Waals surface area contributed by atoms with Gasteiger partial charge in [0.1, 0.15) is 10.9 Å². The van der Waals surface area contributed by atoms with Crippen LogP contribution in [0.2, 0.25) is 5.02 Å². The van der Waals surface area contributed by atoms with Crippen molar-refractivity contribution in [2.45, 2.75) is 24.0 Å². The first-order valence-electron chi connectivity index (χ1n) is 5.07. The predicted molar refractivity (Wildman–Crippen MR) is 63.9 cm³/mol. The van der Waals surface area contributed by atoms with E-state index in [4.69, 9.17) is 16.7 Å². The molecule has 0 saturated carbocycles. The fourth-order valence-electron chi connectivity index (χ4n) is 1.35. The molecule has 0 radical (unpaired) electrons. The lowest BCUT2D eigenvalue weighted by atomic mass is 10.2. The zero-order chi connectivity index (χ0) is 15.7. The lowest BCUT2D eigenvalue weighted by Gasteiger charge is -2.16. The van der Waals surface area contributed by atoms with Crippen molar-refractivity contribution in [3.8, 4) is 0 Å². The van der Waals surface area contributed by atoms with E-state index in [1.807, 2.05) is 0 Å². The zero-order valence-corrected chi connectivity index (χ0v) is 11.5. The van der Waals surface area contributed by atoms with E-state index in [-0.39, 0.29) is 0 Å². The molecule has 0 unspecified atom stereocenters. The van der Waals surface area contributed by atoms with E-state index in [0.29, 0.717) is 6.07 Å². The molecular formula is C10H9ClF3NO4S. The average Bonchev–Trinajstić information content (AvgIpc) is 2.26. The molecule has 1 rings (SSSR count). The Balaban J connectivity index is 3.42. The summed E-state index contributed by atoms with van der Waals surface area (Å²) in [7, 11) is -4.73. The molecule has 0 aliphatic heterocycles. The molecule has 0 aliphatic carbocycles. The summed E-state index contributed by atoms with van der Waals surface area (Å²) >= 11 is 5.52. The van der Waals surface area contributed by atoms with Crippen LogP contribution in [0.3, 0.4) is 0 Å². The van der Waals surface area contributed by atoms with Crippen LogP contribution in [0.5, 0.6) is 0 Å². The summed E-state index contributed by atoms with van der Waals surface area (Å²) in [4.78, 5) is 9.40. The number of hydrogen-bond acceptors (Lipinski definition) is 3. The molecule has 0 bridgehead atoms. The van der Waals surface area contributed by atoms with Gasteiger partial charge in [0.05, 0.1) is 10.6 Å². The van der Waals surface area contributed by atoms with Crippen LogP contribution in [-0.4, -0.2) is 25.5 Å². The number of sulfonamides is 1. The molecule has 0 heterocycles. The van der Waals surface area contributed by atoms with Gasteiger partial charge in [-0.05, 0) is 19.1 Å². The Hall–Kier alpha value is -1.32. The molecule has 0 spiro atoms. The topological polar surface area (TPSA) is 83.5 Å². The number of halogens is 4. The van der Waals surface area contributed by atoms with Gasteiger partial charge >= 0.3 is 12.1 Å². The maximum absolute atomic E-state index is 12.8. The summed E-state index contributed by atoms with van der Waals surface area (Å²) in [5, 5.41) is 7.96. The molecule has 1 aromatic rings. The molecule has 0 amide bonds. The van der Waals surface area contributed by atoms with E-state index >= 15 is 0 Å². The Labute approximate surface area is 117 Å². The number of nitrogens with one attached hydrogen (secondary N) is 1. The van der Waals surface area contributed by atoms with Crippen LogP contribution in [0.1, 0.15) is 12.5 Å². The highest BCUT2D eigenvalue weighted by atomic mass is 35.5. The Morgan fingerprint density at radius 2 is 1.95 bits per heavy atom. The van der Waals surface area contributed by atoms with Crippen LogP contribution in [0, 0.1) is 0 Å². The van der Waals surface area contributed by atoms with Gasteiger partial charge in [0.25, 0.3) is 0 Å². The number of alkyl halides is 3. The standard InChI is InChI=1S/C10H9ClF3NO4S/c1-5(9(16)17)15-20(18,19)8-6(10(12,13)14)3-2-4-7(8)11/h2-5,15H,1H3,(H,16,17)/t5-/m1/s1. The summed E-state index contributed by atoms with van der Waals surface area (Å²) in [5.74, 6) is -1.53. The maximum atomic E-state index is 12.8. The number of carbonyl (C=O) groups is 1. The SMILES string of the molecule is C[C@@H](NS(=O)(=O)c1c(Cl)cccc1C(F)(F)F)C(=O)O. The monoisotopic (exact) mass is 331 g/mol. The van der Waals surface area contributed by atoms with Crippen LogP contribution in [-0.2, 0) is 21.0 Å². The largest absolute Gasteiger partial charge is 0.480 e. The number of benzene rings is 1. The van der Waals surface area contributed by atoms with Gasteiger partial charge < -0.3 is 5.11 Å². The van der Waals surface area contributed by atoms with Gasteiger partial charge in [-0.2, -0.15) is 17.9 Å². The third-order valence-corrected chi connectivity index (χ3v) is 4.31. The molecule has 10 heteroatoms. The maximum Gasteiger partial charge on any atom is 0.417 e. The van der Waals surface area contributed by atoms with Crippen LogP contribution in [0.4, 0.5) is 13.2 Å². The molecule has 0 fully saturated rings. The first kappa shape index (κ1) is 16.7. The van der Waals surface area contributed by atoms with Gasteiger partial charge in [-0.25, -0.2) is 8.42 Å². The first-order valence-corrected chi connectivity index (χ1v) is 6.94. The van der Waals surface area contributed by atoms with Gasteiger partial charge in [0.15, 0.2) is 0 Å². The van der Waals surface area contributed by atoms with Crippen LogP contribution >= 0.6 is 11.6 Å². The third-order valence-electron chi connectivity index (χ3n) is 2.24. The smallest absolute Gasteiger partial charge is 0.417 e. The second kappa shape index (κ2) is 5.58. The Kier molecular flexibility index (Phi) is 4.67. The van der Waals surface area contributed by atoms with E-state index in [2.05, 4.69) is 0 Å². The lowest BCUT2D eigenvalue weighted by Crippen LogP contribution is -2.39. The minimum absolute atomic E-state index is 0.547. The van der Waals surface area contributed by atoms with Gasteiger partial charge in [-0.3, -0.25) is 4.79 Å². The van der Waals surface area contributed by atoms with Gasteiger partial charge in [-0.15, -0.1) is 0 Å². The van der Waals surface area contributed by atoms with Crippen molar-refractivity contribution < 1.29 is 31.5 Å². The van der Waals surface area contributed by atoms with Crippen LogP contribution in [0.15, 0.2) is 23.1 Å². The molecule has 2 N–H and O–H groups in total. The van der Waals surface area contributed by atoms with Crippen LogP contribution in [0.25, 0.3) is 0 Å². The molecule has 112 valence electrons. The van der Waals surface area contributed by atoms with E-state index in [0.717, 1.165) is 19.1 Å². The van der Waals surface area contributed by atoms with Crippen molar-refractivity contribution in [2.24, 2.45) is 0 Å². The number of hydrogen-bond donors (Lipinski definition) is 2. The molecule has 20 heavy (non-hydrogen) atoms. The van der Waals surface area contributed by atoms with Crippen molar-refractivity contribution in [3.05, 3.63) is 28.8 Å². The highest BCUT2D eigenvalue weighted by Crippen LogP contribution is 2.37. The van der Waals surface area contributed by atoms with Gasteiger partial charge in [0.2, 0.25) is 10.0 Å². The summed E-state index contributed by atoms with van der Waals surface area (Å²) < 4.78 is 63.7. The summed E-state index contributed by atoms with van der Waals surface area (Å²) in [6.45, 7) is 0.976. The number of aliphatic carboxylic acids is 1. The van der Waals surface area contributed by atoms with Gasteiger partial charge in [-0.1, -0.05) is 17.7 Å². The minimum atomic E-state index is -4.94. The Bertz CT molecular complexity index is 630. The normalized spacial score (nSPS) is 14.1. The molecule has 1 aromatic carbocycles. The number of rotatable bonds is 4. The lowest BCUT2D eigenvalue weighted by molar-refractivity contribution is -0.140. The third kappa shape index (κ3) is 3.62. The van der Waals surface area contributed by atoms with Crippen molar-refractivity contribution in [1.29, 1.82) is 0 Å². The zero-order valence-electron chi connectivity index (χ0n) is 9.90. The molecule has 5 nitrogen and oxygen atoms in total. The average molecular weight is 332 g/mol. The number of carboxylic acids is 1. The van der Waals surface area contributed by atoms with E-state index in [9.17, 15) is 26.4 Å².